The summed E-state index contributed by atoms with van der Waals surface area (Å²) in [5, 5.41) is 3.12. The molecule has 3 aliphatic rings. The van der Waals surface area contributed by atoms with Crippen LogP contribution in [0.4, 0.5) is 9.18 Å². The lowest BCUT2D eigenvalue weighted by Gasteiger charge is -2.41. The molecule has 2 fully saturated rings. The molecule has 0 aromatic heterocycles. The van der Waals surface area contributed by atoms with Crippen molar-refractivity contribution in [1.29, 1.82) is 0 Å². The normalized spacial score (nSPS) is 26.1. The largest absolute Gasteiger partial charge is 0.485 e. The number of rotatable bonds is 7. The molecule has 2 aromatic rings. The summed E-state index contributed by atoms with van der Waals surface area (Å²) in [6.45, 7) is 8.28. The third kappa shape index (κ3) is 6.79. The number of nitrogens with one attached hydrogen (secondary N) is 1. The molecule has 2 heterocycles. The molecule has 2 aliphatic heterocycles. The van der Waals surface area contributed by atoms with Crippen LogP contribution in [0, 0.1) is 5.82 Å². The van der Waals surface area contributed by atoms with Crippen LogP contribution in [-0.4, -0.2) is 66.0 Å². The van der Waals surface area contributed by atoms with Gasteiger partial charge in [-0.05, 0) is 70.6 Å². The zero-order valence-corrected chi connectivity index (χ0v) is 24.9. The maximum absolute atomic E-state index is 14.9. The molecular weight excluding hydrogens is 539 g/mol. The van der Waals surface area contributed by atoms with Gasteiger partial charge in [0.2, 0.25) is 5.91 Å². The second-order valence-electron chi connectivity index (χ2n) is 12.5. The Kier molecular flexibility index (Phi) is 8.89. The molecule has 2 unspecified atom stereocenters. The summed E-state index contributed by atoms with van der Waals surface area (Å²) in [7, 11) is 0. The van der Waals surface area contributed by atoms with Gasteiger partial charge in [0.1, 0.15) is 18.8 Å². The van der Waals surface area contributed by atoms with Crippen LogP contribution < -0.4 is 10.1 Å². The second kappa shape index (κ2) is 12.4. The Bertz CT molecular complexity index is 1310. The number of likely N-dealkylation sites (tertiary alicyclic amines) is 1. The van der Waals surface area contributed by atoms with Crippen LogP contribution in [0.25, 0.3) is 5.57 Å². The summed E-state index contributed by atoms with van der Waals surface area (Å²) >= 11 is 0. The topological polar surface area (TPSA) is 86.3 Å². The number of para-hydroxylation sites is 1. The fourth-order valence-corrected chi connectivity index (χ4v) is 6.23. The minimum absolute atomic E-state index is 0.00345. The van der Waals surface area contributed by atoms with Gasteiger partial charge in [-0.15, -0.1) is 0 Å². The summed E-state index contributed by atoms with van der Waals surface area (Å²) in [5.41, 5.74) is 1.35. The van der Waals surface area contributed by atoms with E-state index in [9.17, 15) is 14.0 Å². The first-order valence-electron chi connectivity index (χ1n) is 14.7. The van der Waals surface area contributed by atoms with Gasteiger partial charge in [0.05, 0.1) is 30.9 Å². The molecule has 1 spiro atoms. The third-order valence-corrected chi connectivity index (χ3v) is 8.09. The first kappa shape index (κ1) is 30.0. The van der Waals surface area contributed by atoms with E-state index in [-0.39, 0.29) is 49.4 Å². The number of morpholine rings is 1. The number of carbonyl (C=O) groups is 2. The highest BCUT2D eigenvalue weighted by molar-refractivity contribution is 5.79. The molecule has 5 rings (SSSR count). The quantitative estimate of drug-likeness (QED) is 0.456. The number of amides is 2. The molecule has 4 atom stereocenters. The predicted octanol–water partition coefficient (Wildman–Crippen LogP) is 5.64. The maximum Gasteiger partial charge on any atom is 0.410 e. The zero-order chi connectivity index (χ0) is 29.9. The Hall–Kier alpha value is -3.43. The number of hydrogen-bond donors (Lipinski definition) is 1. The van der Waals surface area contributed by atoms with Crippen molar-refractivity contribution < 1.29 is 32.9 Å². The number of ether oxygens (including phenoxy) is 4. The first-order valence-corrected chi connectivity index (χ1v) is 14.7. The van der Waals surface area contributed by atoms with Gasteiger partial charge in [0, 0.05) is 11.6 Å². The van der Waals surface area contributed by atoms with Crippen LogP contribution in [0.2, 0.25) is 0 Å². The van der Waals surface area contributed by atoms with Crippen molar-refractivity contribution in [2.75, 3.05) is 19.8 Å². The first-order chi connectivity index (χ1) is 20.0. The van der Waals surface area contributed by atoms with Gasteiger partial charge in [-0.1, -0.05) is 48.5 Å². The molecule has 42 heavy (non-hydrogen) atoms. The molecule has 0 bridgehead atoms. The molecule has 226 valence electrons. The van der Waals surface area contributed by atoms with Crippen molar-refractivity contribution in [2.45, 2.75) is 89.3 Å². The average molecular weight is 581 g/mol. The predicted molar refractivity (Wildman–Crippen MR) is 156 cm³/mol. The average Bonchev–Trinajstić information content (AvgIpc) is 3.20. The highest BCUT2D eigenvalue weighted by atomic mass is 19.1. The highest BCUT2D eigenvalue weighted by Gasteiger charge is 2.56. The van der Waals surface area contributed by atoms with Crippen LogP contribution in [0.1, 0.15) is 64.5 Å². The minimum atomic E-state index is -0.742. The van der Waals surface area contributed by atoms with Crippen LogP contribution in [-0.2, 0) is 25.6 Å². The van der Waals surface area contributed by atoms with Gasteiger partial charge >= 0.3 is 6.09 Å². The van der Waals surface area contributed by atoms with Gasteiger partial charge in [-0.2, -0.15) is 0 Å². The molecule has 0 saturated carbocycles. The van der Waals surface area contributed by atoms with Gasteiger partial charge in [0.25, 0.3) is 0 Å². The van der Waals surface area contributed by atoms with Crippen LogP contribution in [0.5, 0.6) is 5.75 Å². The van der Waals surface area contributed by atoms with Crippen LogP contribution in [0.15, 0.2) is 54.6 Å². The van der Waals surface area contributed by atoms with Crippen molar-refractivity contribution >= 4 is 17.6 Å². The molecule has 1 N–H and O–H groups in total. The molecular formula is C33H41FN2O6. The van der Waals surface area contributed by atoms with Crippen molar-refractivity contribution in [3.05, 3.63) is 71.6 Å². The van der Waals surface area contributed by atoms with E-state index in [0.717, 1.165) is 23.1 Å². The molecule has 9 heteroatoms. The fraction of sp³-hybridized carbons (Fsp3) is 0.515. The summed E-state index contributed by atoms with van der Waals surface area (Å²) in [6.07, 6.45) is 4.16. The number of hydrogen-bond acceptors (Lipinski definition) is 6. The van der Waals surface area contributed by atoms with E-state index in [2.05, 4.69) is 11.4 Å². The van der Waals surface area contributed by atoms with Crippen LogP contribution >= 0.6 is 0 Å². The Labute approximate surface area is 247 Å². The van der Waals surface area contributed by atoms with E-state index in [0.29, 0.717) is 25.9 Å². The van der Waals surface area contributed by atoms with E-state index in [1.807, 2.05) is 64.1 Å². The molecule has 0 radical (unpaired) electrons. The standard InChI is InChI=1S/C33H41FN2O6/c1-22-17-33(21-39-20-29(37)35-33)28(36(22)31(38)42-32(2,3)4)19-40-25-15-13-24(14-16-25)26-11-8-12-27(34)30(26)41-18-23-9-6-5-7-10-23/h5-13,22,25,28H,14-21H2,1-4H3,(H,35,37)/t22-,25+,28?,33?/m1/s1. The Morgan fingerprint density at radius 1 is 1.17 bits per heavy atom. The molecule has 2 aromatic carbocycles. The SMILES string of the molecule is C[C@@H]1CC2(COCC(=O)N2)C(CO[C@H]2CC=C(c3cccc(F)c3OCc3ccccc3)CC2)N1C(=O)OC(C)(C)C. The molecule has 2 amide bonds. The van der Waals surface area contributed by atoms with Crippen molar-refractivity contribution in [1.82, 2.24) is 10.2 Å². The lowest BCUT2D eigenvalue weighted by Crippen LogP contribution is -2.65. The van der Waals surface area contributed by atoms with Gasteiger partial charge in [-0.3, -0.25) is 9.69 Å². The van der Waals surface area contributed by atoms with E-state index < -0.39 is 23.3 Å². The van der Waals surface area contributed by atoms with Crippen molar-refractivity contribution in [2.24, 2.45) is 0 Å². The van der Waals surface area contributed by atoms with E-state index >= 15 is 0 Å². The zero-order valence-electron chi connectivity index (χ0n) is 24.9. The molecule has 8 nitrogen and oxygen atoms in total. The van der Waals surface area contributed by atoms with Gasteiger partial charge in [0.15, 0.2) is 11.6 Å². The second-order valence-corrected chi connectivity index (χ2v) is 12.5. The van der Waals surface area contributed by atoms with E-state index in [1.165, 1.54) is 6.07 Å². The smallest absolute Gasteiger partial charge is 0.410 e. The van der Waals surface area contributed by atoms with Crippen LogP contribution in [0.3, 0.4) is 0 Å². The van der Waals surface area contributed by atoms with E-state index in [4.69, 9.17) is 18.9 Å². The number of allylic oxidation sites excluding steroid dienone is 1. The van der Waals surface area contributed by atoms with Gasteiger partial charge in [-0.25, -0.2) is 9.18 Å². The summed E-state index contributed by atoms with van der Waals surface area (Å²) < 4.78 is 38.6. The fourth-order valence-electron chi connectivity index (χ4n) is 6.23. The maximum atomic E-state index is 14.9. The monoisotopic (exact) mass is 580 g/mol. The minimum Gasteiger partial charge on any atom is -0.485 e. The summed E-state index contributed by atoms with van der Waals surface area (Å²) in [4.78, 5) is 27.4. The number of halogens is 1. The summed E-state index contributed by atoms with van der Waals surface area (Å²) in [6, 6.07) is 14.1. The third-order valence-electron chi connectivity index (χ3n) is 8.09. The summed E-state index contributed by atoms with van der Waals surface area (Å²) in [5.74, 6) is -0.327. The van der Waals surface area contributed by atoms with Crippen molar-refractivity contribution in [3.63, 3.8) is 0 Å². The Balaban J connectivity index is 1.28. The van der Waals surface area contributed by atoms with Crippen molar-refractivity contribution in [3.8, 4) is 5.75 Å². The van der Waals surface area contributed by atoms with E-state index in [1.54, 1.807) is 11.0 Å². The Morgan fingerprint density at radius 3 is 2.64 bits per heavy atom. The lowest BCUT2D eigenvalue weighted by molar-refractivity contribution is -0.137. The Morgan fingerprint density at radius 2 is 1.95 bits per heavy atom. The molecule has 2 saturated heterocycles. The lowest BCUT2D eigenvalue weighted by atomic mass is 9.88. The number of nitrogens with zero attached hydrogens (tertiary/aromatic N) is 1. The highest BCUT2D eigenvalue weighted by Crippen LogP contribution is 2.39. The number of carbonyl (C=O) groups excluding carboxylic acids is 2. The molecule has 1 aliphatic carbocycles. The van der Waals surface area contributed by atoms with Gasteiger partial charge < -0.3 is 24.3 Å². The number of benzene rings is 2.